The highest BCUT2D eigenvalue weighted by Gasteiger charge is 2.07. The second-order valence-corrected chi connectivity index (χ2v) is 5.12. The number of anilines is 2. The molecule has 4 rings (SSSR count). The van der Waals surface area contributed by atoms with Crippen molar-refractivity contribution in [1.82, 2.24) is 15.0 Å². The van der Waals surface area contributed by atoms with Crippen LogP contribution in [0.5, 0.6) is 5.75 Å². The van der Waals surface area contributed by atoms with Gasteiger partial charge < -0.3 is 10.1 Å². The van der Waals surface area contributed by atoms with Gasteiger partial charge in [-0.3, -0.25) is 9.97 Å². The van der Waals surface area contributed by atoms with Crippen LogP contribution in [0.2, 0.25) is 0 Å². The lowest BCUT2D eigenvalue weighted by Gasteiger charge is -2.11. The lowest BCUT2D eigenvalue weighted by atomic mass is 10.2. The average Bonchev–Trinajstić information content (AvgIpc) is 2.61. The molecule has 2 aromatic heterocycles. The number of hydrogen-bond donors (Lipinski definition) is 1. The standard InChI is InChI=1S/C18H14N4O/c1-23-13-9-12-5-4-8-19-18(12)16(10-13)22-17-11-20-14-6-2-3-7-15(14)21-17/h2-11H,1H3,(H,21,22). The quantitative estimate of drug-likeness (QED) is 0.621. The van der Waals surface area contributed by atoms with Crippen molar-refractivity contribution in [3.8, 4) is 5.75 Å². The van der Waals surface area contributed by atoms with E-state index in [0.717, 1.165) is 33.4 Å². The zero-order valence-electron chi connectivity index (χ0n) is 12.5. The molecule has 0 unspecified atom stereocenters. The summed E-state index contributed by atoms with van der Waals surface area (Å²) in [4.78, 5) is 13.5. The van der Waals surface area contributed by atoms with E-state index in [1.165, 1.54) is 0 Å². The van der Waals surface area contributed by atoms with E-state index in [-0.39, 0.29) is 0 Å². The number of ether oxygens (including phenoxy) is 1. The van der Waals surface area contributed by atoms with Crippen LogP contribution in [-0.4, -0.2) is 22.1 Å². The molecule has 0 spiro atoms. The van der Waals surface area contributed by atoms with Crippen molar-refractivity contribution in [3.05, 3.63) is 60.9 Å². The van der Waals surface area contributed by atoms with Crippen molar-refractivity contribution >= 4 is 33.4 Å². The van der Waals surface area contributed by atoms with E-state index in [1.807, 2.05) is 48.5 Å². The van der Waals surface area contributed by atoms with Gasteiger partial charge in [-0.05, 0) is 24.3 Å². The second-order valence-electron chi connectivity index (χ2n) is 5.12. The predicted molar refractivity (Wildman–Crippen MR) is 91.1 cm³/mol. The molecule has 0 aliphatic rings. The fourth-order valence-electron chi connectivity index (χ4n) is 2.53. The summed E-state index contributed by atoms with van der Waals surface area (Å²) in [7, 11) is 1.65. The first-order valence-electron chi connectivity index (χ1n) is 7.25. The molecule has 0 atom stereocenters. The van der Waals surface area contributed by atoms with Crippen molar-refractivity contribution in [1.29, 1.82) is 0 Å². The average molecular weight is 302 g/mol. The maximum absolute atomic E-state index is 5.37. The van der Waals surface area contributed by atoms with Gasteiger partial charge in [-0.2, -0.15) is 0 Å². The largest absolute Gasteiger partial charge is 0.497 e. The molecule has 0 fully saturated rings. The van der Waals surface area contributed by atoms with E-state index < -0.39 is 0 Å². The molecule has 5 nitrogen and oxygen atoms in total. The van der Waals surface area contributed by atoms with Gasteiger partial charge in [0.2, 0.25) is 0 Å². The Labute approximate surface area is 133 Å². The molecule has 0 amide bonds. The molecule has 1 N–H and O–H groups in total. The summed E-state index contributed by atoms with van der Waals surface area (Å²) in [5.41, 5.74) is 3.41. The molecule has 0 saturated carbocycles. The number of para-hydroxylation sites is 2. The van der Waals surface area contributed by atoms with E-state index in [1.54, 1.807) is 19.5 Å². The van der Waals surface area contributed by atoms with Gasteiger partial charge in [0.1, 0.15) is 11.6 Å². The minimum atomic E-state index is 0.670. The summed E-state index contributed by atoms with van der Waals surface area (Å²) in [6.45, 7) is 0. The fraction of sp³-hybridized carbons (Fsp3) is 0.0556. The Hall–Kier alpha value is -3.21. The molecule has 0 bridgehead atoms. The van der Waals surface area contributed by atoms with Crippen LogP contribution in [0, 0.1) is 0 Å². The Morgan fingerprint density at radius 3 is 2.70 bits per heavy atom. The summed E-state index contributed by atoms with van der Waals surface area (Å²) in [5, 5.41) is 4.30. The van der Waals surface area contributed by atoms with E-state index in [9.17, 15) is 0 Å². The number of nitrogens with one attached hydrogen (secondary N) is 1. The van der Waals surface area contributed by atoms with Gasteiger partial charge in [0.05, 0.1) is 35.5 Å². The van der Waals surface area contributed by atoms with Gasteiger partial charge in [0.25, 0.3) is 0 Å². The Kier molecular flexibility index (Phi) is 3.24. The van der Waals surface area contributed by atoms with Gasteiger partial charge in [-0.15, -0.1) is 0 Å². The molecular formula is C18H14N4O. The second kappa shape index (κ2) is 5.53. The Morgan fingerprint density at radius 1 is 0.957 bits per heavy atom. The van der Waals surface area contributed by atoms with E-state index in [4.69, 9.17) is 4.74 Å². The molecule has 5 heteroatoms. The maximum Gasteiger partial charge on any atom is 0.149 e. The number of fused-ring (bicyclic) bond motifs is 2. The van der Waals surface area contributed by atoms with Gasteiger partial charge >= 0.3 is 0 Å². The van der Waals surface area contributed by atoms with Crippen molar-refractivity contribution in [2.45, 2.75) is 0 Å². The summed E-state index contributed by atoms with van der Waals surface area (Å²) >= 11 is 0. The topological polar surface area (TPSA) is 59.9 Å². The zero-order valence-corrected chi connectivity index (χ0v) is 12.5. The summed E-state index contributed by atoms with van der Waals surface area (Å²) in [6.07, 6.45) is 3.49. The molecule has 2 heterocycles. The van der Waals surface area contributed by atoms with Crippen LogP contribution in [0.15, 0.2) is 60.9 Å². The summed E-state index contributed by atoms with van der Waals surface area (Å²) in [5.74, 6) is 1.44. The normalized spacial score (nSPS) is 10.8. The number of aromatic nitrogens is 3. The van der Waals surface area contributed by atoms with Crippen LogP contribution in [0.25, 0.3) is 21.9 Å². The van der Waals surface area contributed by atoms with Crippen LogP contribution in [-0.2, 0) is 0 Å². The van der Waals surface area contributed by atoms with E-state index >= 15 is 0 Å². The molecule has 0 saturated heterocycles. The van der Waals surface area contributed by atoms with Crippen molar-refractivity contribution in [2.24, 2.45) is 0 Å². The Morgan fingerprint density at radius 2 is 1.83 bits per heavy atom. The Balaban J connectivity index is 1.81. The molecule has 0 aliphatic heterocycles. The van der Waals surface area contributed by atoms with Crippen molar-refractivity contribution in [3.63, 3.8) is 0 Å². The van der Waals surface area contributed by atoms with Crippen LogP contribution < -0.4 is 10.1 Å². The third-order valence-electron chi connectivity index (χ3n) is 3.63. The van der Waals surface area contributed by atoms with Gasteiger partial charge in [0, 0.05) is 17.6 Å². The number of nitrogens with zero attached hydrogens (tertiary/aromatic N) is 3. The summed E-state index contributed by atoms with van der Waals surface area (Å²) < 4.78 is 5.37. The molecule has 112 valence electrons. The third-order valence-corrected chi connectivity index (χ3v) is 3.63. The van der Waals surface area contributed by atoms with Crippen LogP contribution in [0.3, 0.4) is 0 Å². The molecular weight excluding hydrogens is 288 g/mol. The maximum atomic E-state index is 5.37. The highest BCUT2D eigenvalue weighted by molar-refractivity contribution is 5.93. The molecule has 0 aliphatic carbocycles. The first-order chi connectivity index (χ1) is 11.3. The number of rotatable bonds is 3. The molecule has 0 radical (unpaired) electrons. The smallest absolute Gasteiger partial charge is 0.149 e. The summed E-state index contributed by atoms with van der Waals surface area (Å²) in [6, 6.07) is 15.5. The number of methoxy groups -OCH3 is 1. The third kappa shape index (κ3) is 2.53. The molecule has 23 heavy (non-hydrogen) atoms. The van der Waals surface area contributed by atoms with Gasteiger partial charge in [-0.1, -0.05) is 18.2 Å². The first kappa shape index (κ1) is 13.5. The molecule has 4 aromatic rings. The number of hydrogen-bond acceptors (Lipinski definition) is 5. The highest BCUT2D eigenvalue weighted by atomic mass is 16.5. The minimum Gasteiger partial charge on any atom is -0.497 e. The van der Waals surface area contributed by atoms with Crippen LogP contribution in [0.4, 0.5) is 11.5 Å². The lowest BCUT2D eigenvalue weighted by Crippen LogP contribution is -1.98. The van der Waals surface area contributed by atoms with Crippen LogP contribution >= 0.6 is 0 Å². The van der Waals surface area contributed by atoms with E-state index in [2.05, 4.69) is 20.3 Å². The Bertz CT molecular complexity index is 1000. The number of pyridine rings is 1. The minimum absolute atomic E-state index is 0.670. The first-order valence-corrected chi connectivity index (χ1v) is 7.25. The monoisotopic (exact) mass is 302 g/mol. The van der Waals surface area contributed by atoms with Crippen LogP contribution in [0.1, 0.15) is 0 Å². The SMILES string of the molecule is COc1cc(Nc2cnc3ccccc3n2)c2ncccc2c1. The predicted octanol–water partition coefficient (Wildman–Crippen LogP) is 3.93. The van der Waals surface area contributed by atoms with Crippen molar-refractivity contribution < 1.29 is 4.74 Å². The van der Waals surface area contributed by atoms with Gasteiger partial charge in [0.15, 0.2) is 0 Å². The van der Waals surface area contributed by atoms with E-state index in [0.29, 0.717) is 5.82 Å². The fourth-order valence-corrected chi connectivity index (χ4v) is 2.53. The molecule has 2 aromatic carbocycles. The highest BCUT2D eigenvalue weighted by Crippen LogP contribution is 2.29. The van der Waals surface area contributed by atoms with Crippen molar-refractivity contribution in [2.75, 3.05) is 12.4 Å². The number of benzene rings is 2. The lowest BCUT2D eigenvalue weighted by molar-refractivity contribution is 0.415. The zero-order chi connectivity index (χ0) is 15.6. The van der Waals surface area contributed by atoms with Gasteiger partial charge in [-0.25, -0.2) is 4.98 Å².